The molecule has 8 nitrogen and oxygen atoms in total. The number of methoxy groups -OCH3 is 1. The largest absolute Gasteiger partial charge is 0.497 e. The number of nitrogens with zero attached hydrogens (tertiary/aromatic N) is 4. The Morgan fingerprint density at radius 1 is 1.19 bits per heavy atom. The van der Waals surface area contributed by atoms with Gasteiger partial charge in [0.25, 0.3) is 5.56 Å². The van der Waals surface area contributed by atoms with Crippen LogP contribution in [0, 0.1) is 6.92 Å². The van der Waals surface area contributed by atoms with Crippen LogP contribution in [0.1, 0.15) is 30.7 Å². The fraction of sp³-hybridized carbons (Fsp3) is 0.348. The molecule has 0 aliphatic carbocycles. The normalized spacial score (nSPS) is 11.7. The molecular formula is C23H27N5O3. The van der Waals surface area contributed by atoms with E-state index in [2.05, 4.69) is 19.9 Å². The van der Waals surface area contributed by atoms with Crippen LogP contribution in [0.3, 0.4) is 0 Å². The van der Waals surface area contributed by atoms with Crippen molar-refractivity contribution in [1.82, 2.24) is 24.8 Å². The zero-order valence-corrected chi connectivity index (χ0v) is 18.3. The summed E-state index contributed by atoms with van der Waals surface area (Å²) < 4.78 is 5.20. The number of benzene rings is 1. The number of amides is 1. The van der Waals surface area contributed by atoms with Gasteiger partial charge in [-0.3, -0.25) is 9.59 Å². The highest BCUT2D eigenvalue weighted by molar-refractivity contribution is 5.79. The first-order valence-corrected chi connectivity index (χ1v) is 10.2. The molecule has 3 aromatic rings. The van der Waals surface area contributed by atoms with Crippen LogP contribution in [0.2, 0.25) is 0 Å². The summed E-state index contributed by atoms with van der Waals surface area (Å²) in [6.45, 7) is 6.22. The zero-order valence-electron chi connectivity index (χ0n) is 18.3. The number of hydrogen-bond acceptors (Lipinski definition) is 6. The molecule has 8 heteroatoms. The summed E-state index contributed by atoms with van der Waals surface area (Å²) in [6.07, 6.45) is 3.86. The standard InChI is InChI=1S/C23H27N5O3/c1-5-28(15(2)13-17-7-9-18(31-4)10-8-17)20(29)14-19-16(3)26-22(27-23(19)30)21-24-11-6-12-25-21/h6-12,15H,5,13-14H2,1-4H3,(H,26,27,30). The summed E-state index contributed by atoms with van der Waals surface area (Å²) >= 11 is 0. The molecule has 0 saturated heterocycles. The molecule has 31 heavy (non-hydrogen) atoms. The first-order chi connectivity index (χ1) is 14.9. The van der Waals surface area contributed by atoms with Crippen molar-refractivity contribution < 1.29 is 9.53 Å². The van der Waals surface area contributed by atoms with Gasteiger partial charge in [-0.25, -0.2) is 15.0 Å². The predicted molar refractivity (Wildman–Crippen MR) is 118 cm³/mol. The summed E-state index contributed by atoms with van der Waals surface area (Å²) in [5.74, 6) is 1.32. The van der Waals surface area contributed by atoms with Crippen molar-refractivity contribution in [2.45, 2.75) is 39.7 Å². The average molecular weight is 422 g/mol. The number of H-pyrrole nitrogens is 1. The first kappa shape index (κ1) is 22.1. The molecule has 0 aliphatic heterocycles. The van der Waals surface area contributed by atoms with Crippen LogP contribution in [-0.2, 0) is 17.6 Å². The van der Waals surface area contributed by atoms with E-state index in [-0.39, 0.29) is 23.9 Å². The highest BCUT2D eigenvalue weighted by atomic mass is 16.5. The van der Waals surface area contributed by atoms with Crippen LogP contribution >= 0.6 is 0 Å². The Kier molecular flexibility index (Phi) is 7.12. The van der Waals surface area contributed by atoms with Gasteiger partial charge in [0.15, 0.2) is 11.6 Å². The molecule has 0 aliphatic rings. The topological polar surface area (TPSA) is 101 Å². The van der Waals surface area contributed by atoms with E-state index in [1.165, 1.54) is 0 Å². The van der Waals surface area contributed by atoms with E-state index in [0.29, 0.717) is 35.9 Å². The van der Waals surface area contributed by atoms with Crippen molar-refractivity contribution >= 4 is 5.91 Å². The molecule has 1 atom stereocenters. The van der Waals surface area contributed by atoms with Gasteiger partial charge in [0.2, 0.25) is 5.91 Å². The molecule has 0 fully saturated rings. The minimum Gasteiger partial charge on any atom is -0.497 e. The maximum absolute atomic E-state index is 13.0. The Morgan fingerprint density at radius 2 is 1.87 bits per heavy atom. The summed E-state index contributed by atoms with van der Waals surface area (Å²) in [6, 6.07) is 9.48. The molecular weight excluding hydrogens is 394 g/mol. The third kappa shape index (κ3) is 5.33. The van der Waals surface area contributed by atoms with Crippen LogP contribution in [0.5, 0.6) is 5.75 Å². The summed E-state index contributed by atoms with van der Waals surface area (Å²) in [7, 11) is 1.63. The molecule has 162 valence electrons. The quantitative estimate of drug-likeness (QED) is 0.600. The number of aromatic nitrogens is 4. The number of likely N-dealkylation sites (N-methyl/N-ethyl adjacent to an activating group) is 1. The van der Waals surface area contributed by atoms with Gasteiger partial charge in [0.05, 0.1) is 13.5 Å². The van der Waals surface area contributed by atoms with Crippen LogP contribution in [-0.4, -0.2) is 50.4 Å². The van der Waals surface area contributed by atoms with E-state index in [1.54, 1.807) is 37.4 Å². The van der Waals surface area contributed by atoms with Gasteiger partial charge < -0.3 is 14.6 Å². The minimum absolute atomic E-state index is 0.00904. The first-order valence-electron chi connectivity index (χ1n) is 10.2. The second-order valence-corrected chi connectivity index (χ2v) is 7.31. The summed E-state index contributed by atoms with van der Waals surface area (Å²) in [5.41, 5.74) is 1.63. The van der Waals surface area contributed by atoms with Crippen LogP contribution in [0.15, 0.2) is 47.5 Å². The molecule has 0 saturated carbocycles. The number of hydrogen-bond donors (Lipinski definition) is 1. The molecule has 1 amide bonds. The molecule has 0 radical (unpaired) electrons. The lowest BCUT2D eigenvalue weighted by molar-refractivity contribution is -0.132. The van der Waals surface area contributed by atoms with Gasteiger partial charge in [-0.2, -0.15) is 0 Å². The van der Waals surface area contributed by atoms with E-state index >= 15 is 0 Å². The highest BCUT2D eigenvalue weighted by Crippen LogP contribution is 2.16. The lowest BCUT2D eigenvalue weighted by Crippen LogP contribution is -2.41. The van der Waals surface area contributed by atoms with E-state index in [4.69, 9.17) is 4.74 Å². The Morgan fingerprint density at radius 3 is 2.45 bits per heavy atom. The van der Waals surface area contributed by atoms with Gasteiger partial charge in [-0.15, -0.1) is 0 Å². The maximum Gasteiger partial charge on any atom is 0.255 e. The number of aromatic amines is 1. The number of rotatable bonds is 8. The molecule has 2 heterocycles. The Labute approximate surface area is 181 Å². The predicted octanol–water partition coefficient (Wildman–Crippen LogP) is 2.57. The lowest BCUT2D eigenvalue weighted by Gasteiger charge is -2.28. The van der Waals surface area contributed by atoms with Crippen LogP contribution in [0.4, 0.5) is 0 Å². The molecule has 0 spiro atoms. The van der Waals surface area contributed by atoms with Crippen molar-refractivity contribution in [1.29, 1.82) is 0 Å². The Balaban J connectivity index is 1.74. The van der Waals surface area contributed by atoms with Crippen LogP contribution in [0.25, 0.3) is 11.6 Å². The second-order valence-electron chi connectivity index (χ2n) is 7.31. The van der Waals surface area contributed by atoms with E-state index in [1.807, 2.05) is 38.1 Å². The van der Waals surface area contributed by atoms with Crippen molar-refractivity contribution in [2.24, 2.45) is 0 Å². The number of nitrogens with one attached hydrogen (secondary N) is 1. The number of carbonyl (C=O) groups excluding carboxylic acids is 1. The van der Waals surface area contributed by atoms with Crippen LogP contribution < -0.4 is 10.3 Å². The average Bonchev–Trinajstić information content (AvgIpc) is 2.77. The number of carbonyl (C=O) groups is 1. The van der Waals surface area contributed by atoms with Gasteiger partial charge in [0.1, 0.15) is 5.75 Å². The SMILES string of the molecule is CCN(C(=O)Cc1c(C)nc(-c2ncccn2)[nH]c1=O)C(C)Cc1ccc(OC)cc1. The third-order valence-electron chi connectivity index (χ3n) is 5.21. The van der Waals surface area contributed by atoms with Crippen molar-refractivity contribution in [3.8, 4) is 17.4 Å². The molecule has 2 aromatic heterocycles. The van der Waals surface area contributed by atoms with Gasteiger partial charge in [0, 0.05) is 36.2 Å². The molecule has 0 bridgehead atoms. The molecule has 3 rings (SSSR count). The van der Waals surface area contributed by atoms with E-state index in [0.717, 1.165) is 11.3 Å². The van der Waals surface area contributed by atoms with E-state index in [9.17, 15) is 9.59 Å². The van der Waals surface area contributed by atoms with Gasteiger partial charge in [-0.1, -0.05) is 12.1 Å². The van der Waals surface area contributed by atoms with Crippen molar-refractivity contribution in [2.75, 3.05) is 13.7 Å². The fourth-order valence-corrected chi connectivity index (χ4v) is 3.55. The zero-order chi connectivity index (χ0) is 22.4. The second kappa shape index (κ2) is 9.97. The smallest absolute Gasteiger partial charge is 0.255 e. The highest BCUT2D eigenvalue weighted by Gasteiger charge is 2.22. The maximum atomic E-state index is 13.0. The molecule has 1 aromatic carbocycles. The number of ether oxygens (including phenoxy) is 1. The van der Waals surface area contributed by atoms with Gasteiger partial charge >= 0.3 is 0 Å². The monoisotopic (exact) mass is 421 g/mol. The Hall–Kier alpha value is -3.55. The summed E-state index contributed by atoms with van der Waals surface area (Å²) in [5, 5.41) is 0. The Bertz CT molecular complexity index is 1080. The van der Waals surface area contributed by atoms with Crippen molar-refractivity contribution in [3.05, 3.63) is 69.9 Å². The number of aryl methyl sites for hydroxylation is 1. The van der Waals surface area contributed by atoms with Crippen molar-refractivity contribution in [3.63, 3.8) is 0 Å². The molecule has 1 unspecified atom stereocenters. The third-order valence-corrected chi connectivity index (χ3v) is 5.21. The lowest BCUT2D eigenvalue weighted by atomic mass is 10.0. The minimum atomic E-state index is -0.345. The van der Waals surface area contributed by atoms with Gasteiger partial charge in [-0.05, 0) is 51.0 Å². The summed E-state index contributed by atoms with van der Waals surface area (Å²) in [4.78, 5) is 42.8. The fourth-order valence-electron chi connectivity index (χ4n) is 3.55. The van der Waals surface area contributed by atoms with E-state index < -0.39 is 0 Å². The molecule has 1 N–H and O–H groups in total.